The molecule has 0 radical (unpaired) electrons. The summed E-state index contributed by atoms with van der Waals surface area (Å²) in [6.07, 6.45) is 0. The molecule has 2 aliphatic heterocycles. The lowest BCUT2D eigenvalue weighted by Gasteiger charge is -2.54. The van der Waals surface area contributed by atoms with Gasteiger partial charge in [0.05, 0.1) is 21.6 Å². The van der Waals surface area contributed by atoms with E-state index in [1.165, 1.54) is 0 Å². The van der Waals surface area contributed by atoms with Gasteiger partial charge >= 0.3 is 0 Å². The first-order chi connectivity index (χ1) is 10.1. The highest BCUT2D eigenvalue weighted by molar-refractivity contribution is 7.87. The van der Waals surface area contributed by atoms with Gasteiger partial charge in [-0.05, 0) is 36.1 Å². The summed E-state index contributed by atoms with van der Waals surface area (Å²) in [6, 6.07) is 18.6. The lowest BCUT2D eigenvalue weighted by Crippen LogP contribution is -2.57. The molecule has 2 heterocycles. The maximum Gasteiger partial charge on any atom is 0.136 e. The SMILES string of the molecule is CC12c3ccccc3C(C)(c3ccccc31)S(=O)C2C#N. The lowest BCUT2D eigenvalue weighted by molar-refractivity contribution is 0.493. The van der Waals surface area contributed by atoms with Crippen LogP contribution >= 0.6 is 0 Å². The monoisotopic (exact) mass is 293 g/mol. The fourth-order valence-electron chi connectivity index (χ4n) is 4.12. The van der Waals surface area contributed by atoms with E-state index < -0.39 is 26.2 Å². The molecule has 0 spiro atoms. The zero-order valence-corrected chi connectivity index (χ0v) is 12.8. The van der Waals surface area contributed by atoms with Crippen LogP contribution in [0.25, 0.3) is 0 Å². The van der Waals surface area contributed by atoms with Crippen molar-refractivity contribution in [1.29, 1.82) is 5.26 Å². The molecule has 2 bridgehead atoms. The van der Waals surface area contributed by atoms with E-state index >= 15 is 0 Å². The Hall–Kier alpha value is -1.92. The molecule has 2 nitrogen and oxygen atoms in total. The summed E-state index contributed by atoms with van der Waals surface area (Å²) in [4.78, 5) is 0. The fourth-order valence-corrected chi connectivity index (χ4v) is 6.16. The van der Waals surface area contributed by atoms with Crippen LogP contribution in [-0.4, -0.2) is 9.46 Å². The van der Waals surface area contributed by atoms with Crippen LogP contribution in [0.3, 0.4) is 0 Å². The van der Waals surface area contributed by atoms with Crippen molar-refractivity contribution < 1.29 is 4.21 Å². The number of benzene rings is 2. The largest absolute Gasteiger partial charge is 0.257 e. The molecule has 2 aromatic rings. The van der Waals surface area contributed by atoms with Crippen LogP contribution < -0.4 is 0 Å². The average Bonchev–Trinajstić information content (AvgIpc) is 2.52. The molecule has 0 fully saturated rings. The summed E-state index contributed by atoms with van der Waals surface area (Å²) in [6.45, 7) is 4.08. The van der Waals surface area contributed by atoms with Crippen LogP contribution in [-0.2, 0) is 21.0 Å². The smallest absolute Gasteiger partial charge is 0.136 e. The summed E-state index contributed by atoms with van der Waals surface area (Å²) < 4.78 is 12.6. The van der Waals surface area contributed by atoms with Crippen LogP contribution in [0.5, 0.6) is 0 Å². The second kappa shape index (κ2) is 3.84. The summed E-state index contributed by atoms with van der Waals surface area (Å²) >= 11 is 0. The molecule has 0 amide bonds. The van der Waals surface area contributed by atoms with Gasteiger partial charge in [-0.2, -0.15) is 5.26 Å². The number of nitrogens with zero attached hydrogens (tertiary/aromatic N) is 1. The Balaban J connectivity index is 2.23. The van der Waals surface area contributed by atoms with Gasteiger partial charge in [-0.25, -0.2) is 0 Å². The molecule has 0 N–H and O–H groups in total. The molecule has 21 heavy (non-hydrogen) atoms. The van der Waals surface area contributed by atoms with Crippen molar-refractivity contribution in [3.05, 3.63) is 70.8 Å². The standard InChI is InChI=1S/C18H15NOS/c1-17-12-7-3-5-9-14(12)18(2,21(20)16(17)11-19)15-10-6-4-8-13(15)17/h3-10,16H,1-2H3. The highest BCUT2D eigenvalue weighted by Crippen LogP contribution is 2.59. The molecule has 3 heteroatoms. The van der Waals surface area contributed by atoms with E-state index in [4.69, 9.17) is 0 Å². The first-order valence-corrected chi connectivity index (χ1v) is 8.28. The van der Waals surface area contributed by atoms with Crippen LogP contribution in [0, 0.1) is 11.3 Å². The molecule has 104 valence electrons. The van der Waals surface area contributed by atoms with Gasteiger partial charge in [0.25, 0.3) is 0 Å². The molecule has 2 unspecified atom stereocenters. The van der Waals surface area contributed by atoms with Crippen molar-refractivity contribution in [3.8, 4) is 6.07 Å². The Morgan fingerprint density at radius 1 is 0.952 bits per heavy atom. The minimum Gasteiger partial charge on any atom is -0.257 e. The van der Waals surface area contributed by atoms with Gasteiger partial charge < -0.3 is 0 Å². The second-order valence-electron chi connectivity index (χ2n) is 6.13. The van der Waals surface area contributed by atoms with E-state index in [1.54, 1.807) is 0 Å². The van der Waals surface area contributed by atoms with Crippen molar-refractivity contribution in [3.63, 3.8) is 0 Å². The van der Waals surface area contributed by atoms with Gasteiger partial charge in [-0.1, -0.05) is 48.5 Å². The summed E-state index contributed by atoms with van der Waals surface area (Å²) in [7, 11) is -1.25. The van der Waals surface area contributed by atoms with Crippen molar-refractivity contribution in [2.75, 3.05) is 0 Å². The average molecular weight is 293 g/mol. The second-order valence-corrected chi connectivity index (χ2v) is 8.02. The molecule has 2 aromatic carbocycles. The Kier molecular flexibility index (Phi) is 2.34. The molecule has 0 saturated heterocycles. The maximum atomic E-state index is 13.2. The minimum absolute atomic E-state index is 0.495. The zero-order chi connectivity index (χ0) is 14.8. The Morgan fingerprint density at radius 2 is 1.38 bits per heavy atom. The Morgan fingerprint density at radius 3 is 1.81 bits per heavy atom. The van der Waals surface area contributed by atoms with Crippen molar-refractivity contribution in [1.82, 2.24) is 0 Å². The number of rotatable bonds is 0. The predicted molar refractivity (Wildman–Crippen MR) is 83.3 cm³/mol. The molecule has 3 aliphatic rings. The summed E-state index contributed by atoms with van der Waals surface area (Å²) in [5.74, 6) is 0. The lowest BCUT2D eigenvalue weighted by atomic mass is 9.62. The number of hydrogen-bond donors (Lipinski definition) is 0. The van der Waals surface area contributed by atoms with Gasteiger partial charge in [0, 0.05) is 5.41 Å². The molecular formula is C18H15NOS. The topological polar surface area (TPSA) is 40.9 Å². The van der Waals surface area contributed by atoms with Crippen molar-refractivity contribution >= 4 is 10.8 Å². The third-order valence-electron chi connectivity index (χ3n) is 5.26. The highest BCUT2D eigenvalue weighted by atomic mass is 32.2. The van der Waals surface area contributed by atoms with Gasteiger partial charge in [0.2, 0.25) is 0 Å². The fraction of sp³-hybridized carbons (Fsp3) is 0.278. The van der Waals surface area contributed by atoms with E-state index in [9.17, 15) is 9.47 Å². The van der Waals surface area contributed by atoms with Gasteiger partial charge in [0.1, 0.15) is 5.25 Å². The first-order valence-electron chi connectivity index (χ1n) is 7.06. The van der Waals surface area contributed by atoms with Crippen LogP contribution in [0.1, 0.15) is 36.1 Å². The van der Waals surface area contributed by atoms with E-state index in [0.717, 1.165) is 22.3 Å². The quantitative estimate of drug-likeness (QED) is 0.748. The normalized spacial score (nSPS) is 35.7. The first kappa shape index (κ1) is 12.8. The number of nitriles is 1. The molecule has 0 saturated carbocycles. The van der Waals surface area contributed by atoms with Crippen molar-refractivity contribution in [2.24, 2.45) is 0 Å². The van der Waals surface area contributed by atoms with Crippen LogP contribution in [0.15, 0.2) is 48.5 Å². The van der Waals surface area contributed by atoms with Gasteiger partial charge in [0.15, 0.2) is 0 Å². The molecule has 0 aromatic heterocycles. The van der Waals surface area contributed by atoms with E-state index in [0.29, 0.717) is 0 Å². The zero-order valence-electron chi connectivity index (χ0n) is 12.0. The van der Waals surface area contributed by atoms with E-state index in [1.807, 2.05) is 31.2 Å². The van der Waals surface area contributed by atoms with Gasteiger partial charge in [-0.3, -0.25) is 4.21 Å². The van der Waals surface area contributed by atoms with E-state index in [-0.39, 0.29) is 0 Å². The Labute approximate surface area is 126 Å². The number of fused-ring (bicyclic) bond motifs is 1. The maximum absolute atomic E-state index is 13.2. The minimum atomic E-state index is -1.25. The molecule has 5 rings (SSSR count). The molecular weight excluding hydrogens is 278 g/mol. The predicted octanol–water partition coefficient (Wildman–Crippen LogP) is 3.22. The van der Waals surface area contributed by atoms with Crippen LogP contribution in [0.4, 0.5) is 0 Å². The van der Waals surface area contributed by atoms with Crippen LogP contribution in [0.2, 0.25) is 0 Å². The third-order valence-corrected chi connectivity index (χ3v) is 7.51. The Bertz CT molecular complexity index is 786. The number of hydrogen-bond acceptors (Lipinski definition) is 2. The molecule has 1 aliphatic carbocycles. The van der Waals surface area contributed by atoms with Gasteiger partial charge in [-0.15, -0.1) is 0 Å². The molecule has 2 atom stereocenters. The van der Waals surface area contributed by atoms with E-state index in [2.05, 4.69) is 37.3 Å². The summed E-state index contributed by atoms with van der Waals surface area (Å²) in [5.41, 5.74) is 4.02. The summed E-state index contributed by atoms with van der Waals surface area (Å²) in [5, 5.41) is 9.16. The highest BCUT2D eigenvalue weighted by Gasteiger charge is 2.61. The van der Waals surface area contributed by atoms with Crippen molar-refractivity contribution in [2.45, 2.75) is 29.3 Å². The third kappa shape index (κ3) is 1.21.